The highest BCUT2D eigenvalue weighted by Crippen LogP contribution is 2.28. The van der Waals surface area contributed by atoms with Gasteiger partial charge in [0.05, 0.1) is 19.2 Å². The summed E-state index contributed by atoms with van der Waals surface area (Å²) in [5.74, 6) is -0.288. The summed E-state index contributed by atoms with van der Waals surface area (Å²) >= 11 is 0. The maximum absolute atomic E-state index is 13.5. The summed E-state index contributed by atoms with van der Waals surface area (Å²) in [6.45, 7) is 4.28. The third-order valence-electron chi connectivity index (χ3n) is 5.96. The molecule has 0 unspecified atom stereocenters. The van der Waals surface area contributed by atoms with E-state index in [1.165, 1.54) is 7.11 Å². The van der Waals surface area contributed by atoms with Crippen molar-refractivity contribution in [3.8, 4) is 5.88 Å². The molecule has 2 aromatic rings. The third-order valence-corrected chi connectivity index (χ3v) is 5.96. The molecular weight excluding hydrogens is 434 g/mol. The van der Waals surface area contributed by atoms with Crippen molar-refractivity contribution in [1.82, 2.24) is 14.8 Å². The van der Waals surface area contributed by atoms with Crippen molar-refractivity contribution >= 4 is 24.0 Å². The molecule has 8 heteroatoms. The lowest BCUT2D eigenvalue weighted by molar-refractivity contribution is -0.135. The van der Waals surface area contributed by atoms with E-state index in [1.54, 1.807) is 29.1 Å². The van der Waals surface area contributed by atoms with Crippen molar-refractivity contribution in [3.05, 3.63) is 59.3 Å². The number of fused-ring (bicyclic) bond motifs is 1. The van der Waals surface area contributed by atoms with Gasteiger partial charge in [-0.25, -0.2) is 4.98 Å². The van der Waals surface area contributed by atoms with Gasteiger partial charge in [0.15, 0.2) is 0 Å². The number of carbonyl (C=O) groups is 2. The normalized spacial score (nSPS) is 19.2. The predicted molar refractivity (Wildman–Crippen MR) is 130 cm³/mol. The van der Waals surface area contributed by atoms with Gasteiger partial charge in [0, 0.05) is 32.8 Å². The van der Waals surface area contributed by atoms with Crippen LogP contribution in [0.5, 0.6) is 5.88 Å². The molecule has 0 fully saturated rings. The van der Waals surface area contributed by atoms with Crippen LogP contribution >= 0.6 is 0 Å². The van der Waals surface area contributed by atoms with E-state index in [2.05, 4.69) is 4.98 Å². The van der Waals surface area contributed by atoms with Crippen molar-refractivity contribution in [2.75, 3.05) is 40.5 Å². The number of aromatic nitrogens is 1. The van der Waals surface area contributed by atoms with Crippen LogP contribution in [0.25, 0.3) is 12.2 Å². The summed E-state index contributed by atoms with van der Waals surface area (Å²) < 4.78 is 11.2. The number of carbonyl (C=O) groups excluding carboxylic acids is 2. The van der Waals surface area contributed by atoms with E-state index in [0.29, 0.717) is 18.7 Å². The van der Waals surface area contributed by atoms with Crippen LogP contribution in [0.1, 0.15) is 35.3 Å². The van der Waals surface area contributed by atoms with Gasteiger partial charge in [-0.15, -0.1) is 0 Å². The molecule has 0 saturated heterocycles. The first-order chi connectivity index (χ1) is 16.3. The van der Waals surface area contributed by atoms with Crippen molar-refractivity contribution in [2.45, 2.75) is 26.0 Å². The van der Waals surface area contributed by atoms with Gasteiger partial charge in [0.1, 0.15) is 18.3 Å². The number of methoxy groups -OCH3 is 1. The zero-order valence-corrected chi connectivity index (χ0v) is 20.2. The molecular formula is C26H33N3O5. The van der Waals surface area contributed by atoms with Crippen LogP contribution in [-0.4, -0.2) is 84.3 Å². The molecule has 3 atom stereocenters. The fraction of sp³-hybridized carbons (Fsp3) is 0.423. The standard InChI is InChI=1S/C26H33N3O5/c1-18-14-29(19(2)16-30)26(32)22-12-21(11-10-20-8-6-5-7-9-20)13-27-25(22)34-23(18)15-28(3)24(31)17-33-4/h5-13,18-19,23,30H,14-17H2,1-4H3/b11-10+/t18-,19+,23+/m0/s1. The Balaban J connectivity index is 1.94. The summed E-state index contributed by atoms with van der Waals surface area (Å²) in [6.07, 6.45) is 5.11. The van der Waals surface area contributed by atoms with Gasteiger partial charge >= 0.3 is 0 Å². The van der Waals surface area contributed by atoms with E-state index in [9.17, 15) is 14.7 Å². The Morgan fingerprint density at radius 1 is 1.32 bits per heavy atom. The quantitative estimate of drug-likeness (QED) is 0.642. The van der Waals surface area contributed by atoms with E-state index in [0.717, 1.165) is 11.1 Å². The molecule has 0 aliphatic carbocycles. The summed E-state index contributed by atoms with van der Waals surface area (Å²) in [5, 5.41) is 9.79. The van der Waals surface area contributed by atoms with Crippen molar-refractivity contribution in [2.24, 2.45) is 5.92 Å². The number of rotatable bonds is 8. The second-order valence-electron chi connectivity index (χ2n) is 8.70. The molecule has 1 aromatic carbocycles. The predicted octanol–water partition coefficient (Wildman–Crippen LogP) is 2.58. The molecule has 182 valence electrons. The van der Waals surface area contributed by atoms with Gasteiger partial charge in [-0.3, -0.25) is 9.59 Å². The van der Waals surface area contributed by atoms with Crippen molar-refractivity contribution in [3.63, 3.8) is 0 Å². The van der Waals surface area contributed by atoms with E-state index < -0.39 is 6.10 Å². The summed E-state index contributed by atoms with van der Waals surface area (Å²) in [4.78, 5) is 33.4. The Bertz CT molecular complexity index is 1010. The molecule has 8 nitrogen and oxygen atoms in total. The molecule has 1 aromatic heterocycles. The van der Waals surface area contributed by atoms with Crippen LogP contribution in [0.3, 0.4) is 0 Å². The molecule has 0 bridgehead atoms. The Labute approximate surface area is 200 Å². The van der Waals surface area contributed by atoms with Crippen LogP contribution in [0.15, 0.2) is 42.6 Å². The molecule has 0 saturated carbocycles. The summed E-state index contributed by atoms with van der Waals surface area (Å²) in [6, 6.07) is 11.2. The molecule has 0 spiro atoms. The molecule has 0 radical (unpaired) electrons. The molecule has 2 amide bonds. The number of ether oxygens (including phenoxy) is 2. The van der Waals surface area contributed by atoms with Gasteiger partial charge in [0.25, 0.3) is 5.91 Å². The topological polar surface area (TPSA) is 92.2 Å². The first-order valence-corrected chi connectivity index (χ1v) is 11.4. The molecule has 3 rings (SSSR count). The fourth-order valence-electron chi connectivity index (χ4n) is 3.79. The van der Waals surface area contributed by atoms with E-state index in [4.69, 9.17) is 9.47 Å². The Morgan fingerprint density at radius 2 is 2.03 bits per heavy atom. The van der Waals surface area contributed by atoms with Gasteiger partial charge in [-0.05, 0) is 24.1 Å². The minimum atomic E-state index is -0.399. The summed E-state index contributed by atoms with van der Waals surface area (Å²) in [7, 11) is 3.17. The SMILES string of the molecule is COCC(=O)N(C)C[C@H]1Oc2ncc(/C=C/c3ccccc3)cc2C(=O)N([C@H](C)CO)C[C@@H]1C. The lowest BCUT2D eigenvalue weighted by Gasteiger charge is -2.37. The number of hydrogen-bond acceptors (Lipinski definition) is 6. The highest BCUT2D eigenvalue weighted by Gasteiger charge is 2.34. The number of hydrogen-bond donors (Lipinski definition) is 1. The summed E-state index contributed by atoms with van der Waals surface area (Å²) in [5.41, 5.74) is 2.12. The second-order valence-corrected chi connectivity index (χ2v) is 8.70. The smallest absolute Gasteiger partial charge is 0.259 e. The van der Waals surface area contributed by atoms with Crippen LogP contribution in [-0.2, 0) is 9.53 Å². The van der Waals surface area contributed by atoms with Crippen molar-refractivity contribution in [1.29, 1.82) is 0 Å². The van der Waals surface area contributed by atoms with Crippen LogP contribution in [0.2, 0.25) is 0 Å². The first kappa shape index (κ1) is 25.4. The lowest BCUT2D eigenvalue weighted by Crippen LogP contribution is -2.50. The van der Waals surface area contributed by atoms with Crippen LogP contribution in [0.4, 0.5) is 0 Å². The molecule has 1 aliphatic heterocycles. The number of pyridine rings is 1. The highest BCUT2D eigenvalue weighted by atomic mass is 16.5. The average molecular weight is 468 g/mol. The molecule has 34 heavy (non-hydrogen) atoms. The number of aliphatic hydroxyl groups excluding tert-OH is 1. The fourth-order valence-corrected chi connectivity index (χ4v) is 3.79. The Kier molecular flexibility index (Phi) is 8.79. The van der Waals surface area contributed by atoms with Gasteiger partial charge in [-0.2, -0.15) is 0 Å². The third kappa shape index (κ3) is 6.21. The van der Waals surface area contributed by atoms with Crippen molar-refractivity contribution < 1.29 is 24.2 Å². The Morgan fingerprint density at radius 3 is 2.71 bits per heavy atom. The maximum Gasteiger partial charge on any atom is 0.259 e. The minimum Gasteiger partial charge on any atom is -0.472 e. The Hall–Kier alpha value is -3.23. The molecule has 2 heterocycles. The maximum atomic E-state index is 13.5. The van der Waals surface area contributed by atoms with Gasteiger partial charge in [0.2, 0.25) is 11.8 Å². The van der Waals surface area contributed by atoms with E-state index in [-0.39, 0.29) is 42.9 Å². The lowest BCUT2D eigenvalue weighted by atomic mass is 9.99. The highest BCUT2D eigenvalue weighted by molar-refractivity contribution is 5.97. The minimum absolute atomic E-state index is 0.0182. The number of amides is 2. The largest absolute Gasteiger partial charge is 0.472 e. The molecule has 1 N–H and O–H groups in total. The van der Waals surface area contributed by atoms with E-state index >= 15 is 0 Å². The second kappa shape index (κ2) is 11.8. The van der Waals surface area contributed by atoms with Crippen LogP contribution < -0.4 is 4.74 Å². The number of benzene rings is 1. The zero-order valence-electron chi connectivity index (χ0n) is 20.2. The number of nitrogens with zero attached hydrogens (tertiary/aromatic N) is 3. The molecule has 1 aliphatic rings. The number of aliphatic hydroxyl groups is 1. The monoisotopic (exact) mass is 467 g/mol. The zero-order chi connectivity index (χ0) is 24.7. The number of likely N-dealkylation sites (N-methyl/N-ethyl adjacent to an activating group) is 1. The van der Waals surface area contributed by atoms with Crippen LogP contribution in [0, 0.1) is 5.92 Å². The average Bonchev–Trinajstić information content (AvgIpc) is 2.85. The van der Waals surface area contributed by atoms with E-state index in [1.807, 2.05) is 56.3 Å². The van der Waals surface area contributed by atoms with Gasteiger partial charge < -0.3 is 24.4 Å². The van der Waals surface area contributed by atoms with Gasteiger partial charge in [-0.1, -0.05) is 49.4 Å². The first-order valence-electron chi connectivity index (χ1n) is 11.4.